The van der Waals surface area contributed by atoms with Crippen LogP contribution < -0.4 is 0 Å². The fourth-order valence-electron chi connectivity index (χ4n) is 4.52. The van der Waals surface area contributed by atoms with Gasteiger partial charge in [-0.1, -0.05) is 50.7 Å². The first-order chi connectivity index (χ1) is 11.4. The summed E-state index contributed by atoms with van der Waals surface area (Å²) >= 11 is 0. The predicted molar refractivity (Wildman–Crippen MR) is 95.6 cm³/mol. The van der Waals surface area contributed by atoms with Crippen LogP contribution >= 0.6 is 0 Å². The molecule has 2 atom stereocenters. The lowest BCUT2D eigenvalue weighted by atomic mass is 9.93. The zero-order valence-corrected chi connectivity index (χ0v) is 14.9. The lowest BCUT2D eigenvalue weighted by Gasteiger charge is -2.27. The van der Waals surface area contributed by atoms with Crippen LogP contribution in [0.3, 0.4) is 0 Å². The van der Waals surface area contributed by atoms with E-state index < -0.39 is 0 Å². The smallest absolute Gasteiger partial charge is 0.0575 e. The molecule has 132 valence electrons. The standard InChI is InChI=1S/C21H36O2/c1-3-11-20(12-4-1)22-16-18-9-7-8-10-19(15-18)17-23-21-13-5-2-6-14-21/h7,9,18-21H,1-6,8,10-17H2. The Morgan fingerprint density at radius 1 is 0.696 bits per heavy atom. The Kier molecular flexibility index (Phi) is 7.48. The van der Waals surface area contributed by atoms with E-state index in [9.17, 15) is 0 Å². The van der Waals surface area contributed by atoms with Crippen molar-refractivity contribution in [2.75, 3.05) is 13.2 Å². The summed E-state index contributed by atoms with van der Waals surface area (Å²) in [4.78, 5) is 0. The molecule has 0 saturated heterocycles. The minimum Gasteiger partial charge on any atom is -0.378 e. The summed E-state index contributed by atoms with van der Waals surface area (Å²) in [5.74, 6) is 1.34. The third kappa shape index (κ3) is 6.23. The largest absolute Gasteiger partial charge is 0.378 e. The Labute approximate surface area is 143 Å². The molecule has 23 heavy (non-hydrogen) atoms. The Morgan fingerprint density at radius 3 is 1.96 bits per heavy atom. The molecule has 0 aromatic heterocycles. The van der Waals surface area contributed by atoms with Crippen molar-refractivity contribution in [2.45, 2.75) is 95.7 Å². The van der Waals surface area contributed by atoms with Gasteiger partial charge < -0.3 is 9.47 Å². The Morgan fingerprint density at radius 2 is 1.30 bits per heavy atom. The summed E-state index contributed by atoms with van der Waals surface area (Å²) in [6.45, 7) is 1.91. The molecule has 2 nitrogen and oxygen atoms in total. The van der Waals surface area contributed by atoms with Gasteiger partial charge in [0.05, 0.1) is 18.8 Å². The van der Waals surface area contributed by atoms with E-state index in [2.05, 4.69) is 12.2 Å². The second kappa shape index (κ2) is 9.84. The average Bonchev–Trinajstić information content (AvgIpc) is 2.85. The molecule has 3 aliphatic carbocycles. The molecule has 0 heterocycles. The number of hydrogen-bond donors (Lipinski definition) is 0. The highest BCUT2D eigenvalue weighted by molar-refractivity contribution is 4.93. The lowest BCUT2D eigenvalue weighted by Crippen LogP contribution is -2.24. The predicted octanol–water partition coefficient (Wildman–Crippen LogP) is 5.66. The van der Waals surface area contributed by atoms with Gasteiger partial charge in [-0.3, -0.25) is 0 Å². The number of rotatable bonds is 6. The second-order valence-corrected chi connectivity index (χ2v) is 8.05. The van der Waals surface area contributed by atoms with E-state index in [0.29, 0.717) is 18.1 Å². The van der Waals surface area contributed by atoms with Crippen LogP contribution in [-0.2, 0) is 9.47 Å². The molecule has 2 fully saturated rings. The van der Waals surface area contributed by atoms with E-state index in [0.717, 1.165) is 19.1 Å². The zero-order chi connectivity index (χ0) is 15.7. The molecule has 2 heteroatoms. The van der Waals surface area contributed by atoms with E-state index in [1.807, 2.05) is 0 Å². The molecule has 0 spiro atoms. The Bertz CT molecular complexity index is 340. The maximum atomic E-state index is 6.25. The van der Waals surface area contributed by atoms with Crippen molar-refractivity contribution in [1.29, 1.82) is 0 Å². The summed E-state index contributed by atoms with van der Waals surface area (Å²) in [6, 6.07) is 0. The lowest BCUT2D eigenvalue weighted by molar-refractivity contribution is -0.00877. The van der Waals surface area contributed by atoms with E-state index >= 15 is 0 Å². The van der Waals surface area contributed by atoms with Crippen molar-refractivity contribution < 1.29 is 9.47 Å². The van der Waals surface area contributed by atoms with Crippen LogP contribution in [0.5, 0.6) is 0 Å². The van der Waals surface area contributed by atoms with Crippen molar-refractivity contribution in [3.63, 3.8) is 0 Å². The van der Waals surface area contributed by atoms with Crippen LogP contribution in [0.4, 0.5) is 0 Å². The second-order valence-electron chi connectivity index (χ2n) is 8.05. The van der Waals surface area contributed by atoms with E-state index in [4.69, 9.17) is 9.47 Å². The first-order valence-corrected chi connectivity index (χ1v) is 10.3. The molecule has 0 N–H and O–H groups in total. The van der Waals surface area contributed by atoms with Crippen molar-refractivity contribution in [3.05, 3.63) is 12.2 Å². The number of allylic oxidation sites excluding steroid dienone is 1. The summed E-state index contributed by atoms with van der Waals surface area (Å²) in [5.41, 5.74) is 0. The van der Waals surface area contributed by atoms with Gasteiger partial charge in [-0.25, -0.2) is 0 Å². The Hall–Kier alpha value is -0.340. The molecular formula is C21H36O2. The highest BCUT2D eigenvalue weighted by atomic mass is 16.5. The highest BCUT2D eigenvalue weighted by Gasteiger charge is 2.22. The first-order valence-electron chi connectivity index (χ1n) is 10.3. The summed E-state index contributed by atoms with van der Waals surface area (Å²) in [7, 11) is 0. The minimum absolute atomic E-state index is 0.539. The number of hydrogen-bond acceptors (Lipinski definition) is 2. The van der Waals surface area contributed by atoms with Gasteiger partial charge in [0.15, 0.2) is 0 Å². The summed E-state index contributed by atoms with van der Waals surface area (Å²) in [6.07, 6.45) is 23.1. The van der Waals surface area contributed by atoms with Gasteiger partial charge in [0.25, 0.3) is 0 Å². The van der Waals surface area contributed by atoms with Crippen molar-refractivity contribution in [2.24, 2.45) is 11.8 Å². The fraction of sp³-hybridized carbons (Fsp3) is 0.905. The van der Waals surface area contributed by atoms with Crippen LogP contribution in [0.2, 0.25) is 0 Å². The molecule has 0 aliphatic heterocycles. The van der Waals surface area contributed by atoms with E-state index in [-0.39, 0.29) is 0 Å². The maximum absolute atomic E-state index is 6.25. The molecule has 0 aromatic carbocycles. The molecule has 2 saturated carbocycles. The highest BCUT2D eigenvalue weighted by Crippen LogP contribution is 2.28. The van der Waals surface area contributed by atoms with E-state index in [1.54, 1.807) is 0 Å². The van der Waals surface area contributed by atoms with E-state index in [1.165, 1.54) is 83.5 Å². The van der Waals surface area contributed by atoms with Crippen LogP contribution in [0.15, 0.2) is 12.2 Å². The summed E-state index contributed by atoms with van der Waals surface area (Å²) in [5, 5.41) is 0. The van der Waals surface area contributed by atoms with Crippen molar-refractivity contribution >= 4 is 0 Å². The van der Waals surface area contributed by atoms with Crippen LogP contribution in [0.25, 0.3) is 0 Å². The van der Waals surface area contributed by atoms with Crippen molar-refractivity contribution in [3.8, 4) is 0 Å². The molecule has 3 rings (SSSR count). The van der Waals surface area contributed by atoms with Gasteiger partial charge in [0, 0.05) is 12.5 Å². The van der Waals surface area contributed by atoms with Crippen LogP contribution in [-0.4, -0.2) is 25.4 Å². The Balaban J connectivity index is 1.37. The molecule has 0 bridgehead atoms. The van der Waals surface area contributed by atoms with Gasteiger partial charge >= 0.3 is 0 Å². The monoisotopic (exact) mass is 320 g/mol. The van der Waals surface area contributed by atoms with Gasteiger partial charge in [0.2, 0.25) is 0 Å². The molecular weight excluding hydrogens is 284 g/mol. The molecule has 2 unspecified atom stereocenters. The average molecular weight is 321 g/mol. The summed E-state index contributed by atoms with van der Waals surface area (Å²) < 4.78 is 12.5. The normalized spacial score (nSPS) is 31.1. The topological polar surface area (TPSA) is 18.5 Å². The molecule has 0 radical (unpaired) electrons. The SMILES string of the molecule is C1=CC(COC2CCCCC2)CC(COC2CCCCC2)CC1. The van der Waals surface area contributed by atoms with Crippen LogP contribution in [0.1, 0.15) is 83.5 Å². The maximum Gasteiger partial charge on any atom is 0.0575 e. The van der Waals surface area contributed by atoms with Crippen molar-refractivity contribution in [1.82, 2.24) is 0 Å². The zero-order valence-electron chi connectivity index (χ0n) is 14.9. The van der Waals surface area contributed by atoms with Gasteiger partial charge in [0.1, 0.15) is 0 Å². The molecule has 0 amide bonds. The fourth-order valence-corrected chi connectivity index (χ4v) is 4.52. The molecule has 3 aliphatic rings. The number of ether oxygens (including phenoxy) is 2. The van der Waals surface area contributed by atoms with Gasteiger partial charge in [-0.2, -0.15) is 0 Å². The quantitative estimate of drug-likeness (QED) is 0.588. The van der Waals surface area contributed by atoms with Crippen LogP contribution in [0, 0.1) is 11.8 Å². The first kappa shape index (κ1) is 17.5. The molecule has 0 aromatic rings. The van der Waals surface area contributed by atoms with Gasteiger partial charge in [-0.15, -0.1) is 0 Å². The third-order valence-electron chi connectivity index (χ3n) is 6.00. The van der Waals surface area contributed by atoms with Gasteiger partial charge in [-0.05, 0) is 50.9 Å². The minimum atomic E-state index is 0.539. The third-order valence-corrected chi connectivity index (χ3v) is 6.00.